The van der Waals surface area contributed by atoms with Crippen LogP contribution in [0, 0.1) is 5.92 Å². The van der Waals surface area contributed by atoms with Crippen LogP contribution >= 0.6 is 23.5 Å². The first kappa shape index (κ1) is 22.7. The van der Waals surface area contributed by atoms with E-state index in [1.165, 1.54) is 17.5 Å². The third kappa shape index (κ3) is 5.64. The summed E-state index contributed by atoms with van der Waals surface area (Å²) in [5.41, 5.74) is 3.78. The van der Waals surface area contributed by atoms with E-state index in [0.29, 0.717) is 17.3 Å². The Bertz CT molecular complexity index is 1050. The van der Waals surface area contributed by atoms with Gasteiger partial charge in [-0.05, 0) is 54.2 Å². The fourth-order valence-corrected chi connectivity index (χ4v) is 4.86. The predicted molar refractivity (Wildman–Crippen MR) is 130 cm³/mol. The highest BCUT2D eigenvalue weighted by atomic mass is 35.5. The number of nitrogens with zero attached hydrogens (tertiary/aromatic N) is 3. The third-order valence-electron chi connectivity index (χ3n) is 5.55. The molecule has 32 heavy (non-hydrogen) atoms. The quantitative estimate of drug-likeness (QED) is 0.370. The van der Waals surface area contributed by atoms with Crippen LogP contribution in [-0.2, 0) is 29.0 Å². The Kier molecular flexibility index (Phi) is 7.06. The Morgan fingerprint density at radius 1 is 1.28 bits per heavy atom. The molecule has 1 N–H and O–H groups in total. The zero-order valence-corrected chi connectivity index (χ0v) is 19.9. The highest BCUT2D eigenvalue weighted by Crippen LogP contribution is 2.36. The monoisotopic (exact) mass is 470 g/mol. The summed E-state index contributed by atoms with van der Waals surface area (Å²) in [6.45, 7) is 1.30. The van der Waals surface area contributed by atoms with Crippen LogP contribution in [0.4, 0.5) is 5.69 Å². The van der Waals surface area contributed by atoms with Gasteiger partial charge in [0.2, 0.25) is 11.8 Å². The molecule has 0 spiro atoms. The summed E-state index contributed by atoms with van der Waals surface area (Å²) in [5, 5.41) is 3.59. The Balaban J connectivity index is 1.56. The molecule has 2 aromatic rings. The number of amides is 2. The highest BCUT2D eigenvalue weighted by Gasteiger charge is 2.35. The molecule has 6 nitrogen and oxygen atoms in total. The molecule has 1 heterocycles. The molecule has 1 saturated carbocycles. The third-order valence-corrected chi connectivity index (χ3v) is 6.68. The smallest absolute Gasteiger partial charge is 0.228 e. The van der Waals surface area contributed by atoms with E-state index in [9.17, 15) is 9.59 Å². The van der Waals surface area contributed by atoms with E-state index in [-0.39, 0.29) is 24.2 Å². The van der Waals surface area contributed by atoms with Crippen LogP contribution in [0.25, 0.3) is 0 Å². The second kappa shape index (κ2) is 9.96. The zero-order valence-electron chi connectivity index (χ0n) is 18.3. The maximum absolute atomic E-state index is 12.7. The summed E-state index contributed by atoms with van der Waals surface area (Å²) in [4.78, 5) is 30.2. The lowest BCUT2D eigenvalue weighted by atomic mass is 9.98. The lowest BCUT2D eigenvalue weighted by Crippen LogP contribution is -2.37. The second-order valence-electron chi connectivity index (χ2n) is 8.49. The Labute approximate surface area is 198 Å². The van der Waals surface area contributed by atoms with Gasteiger partial charge in [-0.15, -0.1) is 0 Å². The molecule has 0 atom stereocenters. The largest absolute Gasteiger partial charge is 0.368 e. The molecule has 8 heteroatoms. The summed E-state index contributed by atoms with van der Waals surface area (Å²) in [7, 11) is 3.85. The minimum Gasteiger partial charge on any atom is -0.368 e. The molecular weight excluding hydrogens is 444 g/mol. The highest BCUT2D eigenvalue weighted by molar-refractivity contribution is 7.98. The first-order chi connectivity index (χ1) is 15.4. The van der Waals surface area contributed by atoms with Crippen molar-refractivity contribution in [3.8, 4) is 0 Å². The number of hydrogen-bond donors (Lipinski definition) is 1. The first-order valence-corrected chi connectivity index (χ1v) is 11.9. The van der Waals surface area contributed by atoms with Gasteiger partial charge < -0.3 is 15.1 Å². The number of hydrogen-bond acceptors (Lipinski definition) is 4. The minimum atomic E-state index is -0.132. The Hall–Kier alpha value is -2.51. The van der Waals surface area contributed by atoms with Crippen molar-refractivity contribution in [2.45, 2.75) is 37.1 Å². The SMILES string of the molecule is CN(C)/C=N/Sc1cc(NC(=O)Cc2ccccc2Cl)cc2c1CCN(C(=O)C1CC1)C2. The molecule has 2 aliphatic rings. The molecule has 0 saturated heterocycles. The molecule has 1 aliphatic carbocycles. The number of carbonyl (C=O) groups excluding carboxylic acids is 2. The summed E-state index contributed by atoms with van der Waals surface area (Å²) in [5.74, 6) is 0.324. The molecule has 0 aromatic heterocycles. The lowest BCUT2D eigenvalue weighted by molar-refractivity contribution is -0.133. The number of rotatable bonds is 7. The van der Waals surface area contributed by atoms with Crippen LogP contribution in [-0.4, -0.2) is 48.6 Å². The number of fused-ring (bicyclic) bond motifs is 1. The first-order valence-electron chi connectivity index (χ1n) is 10.8. The van der Waals surface area contributed by atoms with Crippen molar-refractivity contribution in [3.63, 3.8) is 0 Å². The second-order valence-corrected chi connectivity index (χ2v) is 9.73. The van der Waals surface area contributed by atoms with Gasteiger partial charge in [0.25, 0.3) is 0 Å². The standard InChI is InChI=1S/C24H27ClN4O2S/c1-28(2)15-26-32-22-13-19(27-23(30)12-17-5-3-4-6-21(17)25)11-18-14-29(10-9-20(18)22)24(31)16-7-8-16/h3-6,11,13,15-16H,7-10,12,14H2,1-2H3,(H,27,30)/b26-15+. The summed E-state index contributed by atoms with van der Waals surface area (Å²) >= 11 is 7.60. The molecule has 1 aliphatic heterocycles. The van der Waals surface area contributed by atoms with Gasteiger partial charge in [0, 0.05) is 60.7 Å². The Morgan fingerprint density at radius 3 is 2.78 bits per heavy atom. The fourth-order valence-electron chi connectivity index (χ4n) is 3.78. The van der Waals surface area contributed by atoms with Crippen LogP contribution in [0.2, 0.25) is 5.02 Å². The van der Waals surface area contributed by atoms with Gasteiger partial charge >= 0.3 is 0 Å². The molecule has 2 amide bonds. The van der Waals surface area contributed by atoms with Gasteiger partial charge in [0.1, 0.15) is 0 Å². The van der Waals surface area contributed by atoms with E-state index in [2.05, 4.69) is 9.71 Å². The number of carbonyl (C=O) groups is 2. The number of benzene rings is 2. The summed E-state index contributed by atoms with van der Waals surface area (Å²) in [6, 6.07) is 11.3. The molecule has 1 fully saturated rings. The van der Waals surface area contributed by atoms with Crippen molar-refractivity contribution in [1.82, 2.24) is 9.80 Å². The molecule has 2 aromatic carbocycles. The van der Waals surface area contributed by atoms with Crippen LogP contribution in [0.3, 0.4) is 0 Å². The van der Waals surface area contributed by atoms with Gasteiger partial charge in [0.15, 0.2) is 0 Å². The van der Waals surface area contributed by atoms with Crippen LogP contribution < -0.4 is 5.32 Å². The maximum Gasteiger partial charge on any atom is 0.228 e. The van der Waals surface area contributed by atoms with E-state index >= 15 is 0 Å². The van der Waals surface area contributed by atoms with Gasteiger partial charge in [-0.1, -0.05) is 29.8 Å². The van der Waals surface area contributed by atoms with Crippen LogP contribution in [0.15, 0.2) is 45.7 Å². The molecule has 4 rings (SSSR count). The van der Waals surface area contributed by atoms with Gasteiger partial charge in [0.05, 0.1) is 12.8 Å². The molecular formula is C24H27ClN4O2S. The lowest BCUT2D eigenvalue weighted by Gasteiger charge is -2.30. The van der Waals surface area contributed by atoms with Crippen molar-refractivity contribution in [3.05, 3.63) is 58.1 Å². The van der Waals surface area contributed by atoms with E-state index in [0.717, 1.165) is 41.8 Å². The van der Waals surface area contributed by atoms with Gasteiger partial charge in [-0.3, -0.25) is 9.59 Å². The van der Waals surface area contributed by atoms with E-state index < -0.39 is 0 Å². The van der Waals surface area contributed by atoms with Crippen LogP contribution in [0.1, 0.15) is 29.5 Å². The van der Waals surface area contributed by atoms with Crippen LogP contribution in [0.5, 0.6) is 0 Å². The van der Waals surface area contributed by atoms with Crippen molar-refractivity contribution in [2.24, 2.45) is 10.3 Å². The molecule has 0 unspecified atom stereocenters. The summed E-state index contributed by atoms with van der Waals surface area (Å²) < 4.78 is 4.45. The minimum absolute atomic E-state index is 0.132. The average molecular weight is 471 g/mol. The van der Waals surface area contributed by atoms with E-state index in [1.807, 2.05) is 54.2 Å². The van der Waals surface area contributed by atoms with Gasteiger partial charge in [-0.2, -0.15) is 0 Å². The van der Waals surface area contributed by atoms with E-state index in [4.69, 9.17) is 11.6 Å². The normalized spacial score (nSPS) is 15.5. The van der Waals surface area contributed by atoms with Crippen molar-refractivity contribution in [2.75, 3.05) is 26.0 Å². The molecule has 168 valence electrons. The van der Waals surface area contributed by atoms with Gasteiger partial charge in [-0.25, -0.2) is 4.40 Å². The molecule has 0 radical (unpaired) electrons. The Morgan fingerprint density at radius 2 is 2.06 bits per heavy atom. The number of nitrogens with one attached hydrogen (secondary N) is 1. The maximum atomic E-state index is 12.7. The summed E-state index contributed by atoms with van der Waals surface area (Å²) in [6.07, 6.45) is 4.75. The molecule has 0 bridgehead atoms. The zero-order chi connectivity index (χ0) is 22.7. The predicted octanol–water partition coefficient (Wildman–Crippen LogP) is 4.41. The number of halogens is 1. The fraction of sp³-hybridized carbons (Fsp3) is 0.375. The van der Waals surface area contributed by atoms with Crippen molar-refractivity contribution in [1.29, 1.82) is 0 Å². The topological polar surface area (TPSA) is 65.0 Å². The van der Waals surface area contributed by atoms with Crippen molar-refractivity contribution >= 4 is 47.4 Å². The van der Waals surface area contributed by atoms with Crippen molar-refractivity contribution < 1.29 is 9.59 Å². The van der Waals surface area contributed by atoms with E-state index in [1.54, 1.807) is 12.4 Å². The number of anilines is 1. The average Bonchev–Trinajstić information content (AvgIpc) is 3.59.